The Morgan fingerprint density at radius 2 is 1.82 bits per heavy atom. The maximum atomic E-state index is 13.7. The monoisotopic (exact) mass is 303 g/mol. The molecule has 2 atom stereocenters. The molecule has 1 aliphatic heterocycles. The lowest BCUT2D eigenvalue weighted by Crippen LogP contribution is -2.50. The number of piperidine rings is 1. The van der Waals surface area contributed by atoms with E-state index in [1.54, 1.807) is 12.1 Å². The van der Waals surface area contributed by atoms with Crippen molar-refractivity contribution in [3.63, 3.8) is 0 Å². The lowest BCUT2D eigenvalue weighted by molar-refractivity contribution is -0.140. The molecule has 1 saturated heterocycles. The van der Waals surface area contributed by atoms with Gasteiger partial charge in [0.1, 0.15) is 5.82 Å². The minimum absolute atomic E-state index is 0.231. The number of carbonyl (C=O) groups is 1. The highest BCUT2D eigenvalue weighted by atomic mass is 19.1. The summed E-state index contributed by atoms with van der Waals surface area (Å²) in [6.45, 7) is 6.14. The topological polar surface area (TPSA) is 20.3 Å². The molecule has 1 aromatic carbocycles. The van der Waals surface area contributed by atoms with Crippen LogP contribution in [0.4, 0.5) is 4.39 Å². The van der Waals surface area contributed by atoms with E-state index in [4.69, 9.17) is 0 Å². The maximum absolute atomic E-state index is 13.7. The van der Waals surface area contributed by atoms with E-state index in [0.717, 1.165) is 44.3 Å². The Morgan fingerprint density at radius 3 is 2.41 bits per heavy atom. The van der Waals surface area contributed by atoms with Crippen molar-refractivity contribution >= 4 is 5.91 Å². The van der Waals surface area contributed by atoms with Crippen molar-refractivity contribution in [3.8, 4) is 0 Å². The van der Waals surface area contributed by atoms with Gasteiger partial charge in [-0.1, -0.05) is 38.8 Å². The Bertz CT molecular complexity index is 540. The molecule has 3 rings (SSSR count). The van der Waals surface area contributed by atoms with Crippen LogP contribution in [-0.2, 0) is 10.2 Å². The first-order valence-electron chi connectivity index (χ1n) is 8.57. The van der Waals surface area contributed by atoms with Crippen LogP contribution in [0.15, 0.2) is 24.3 Å². The van der Waals surface area contributed by atoms with E-state index in [1.165, 1.54) is 12.5 Å². The first-order valence-corrected chi connectivity index (χ1v) is 8.57. The fourth-order valence-electron chi connectivity index (χ4n) is 4.52. The van der Waals surface area contributed by atoms with Gasteiger partial charge in [0.05, 0.1) is 5.41 Å². The van der Waals surface area contributed by atoms with Crippen molar-refractivity contribution in [3.05, 3.63) is 35.6 Å². The number of nitrogens with zero attached hydrogens (tertiary/aromatic N) is 1. The van der Waals surface area contributed by atoms with E-state index >= 15 is 0 Å². The van der Waals surface area contributed by atoms with E-state index in [0.29, 0.717) is 11.8 Å². The molecule has 2 nitrogen and oxygen atoms in total. The van der Waals surface area contributed by atoms with Gasteiger partial charge in [0, 0.05) is 13.1 Å². The SMILES string of the molecule is CC1CC(C)CN(C(=O)C2(c3cccc(F)c3)CCCC2)C1. The van der Waals surface area contributed by atoms with Gasteiger partial charge >= 0.3 is 0 Å². The average Bonchev–Trinajstić information content (AvgIpc) is 2.96. The molecular weight excluding hydrogens is 277 g/mol. The summed E-state index contributed by atoms with van der Waals surface area (Å²) >= 11 is 0. The summed E-state index contributed by atoms with van der Waals surface area (Å²) in [4.78, 5) is 15.4. The van der Waals surface area contributed by atoms with Gasteiger partial charge in [-0.05, 0) is 48.8 Å². The lowest BCUT2D eigenvalue weighted by atomic mass is 9.76. The molecule has 2 unspecified atom stereocenters. The molecule has 22 heavy (non-hydrogen) atoms. The first-order chi connectivity index (χ1) is 10.5. The van der Waals surface area contributed by atoms with Crippen LogP contribution in [0.5, 0.6) is 0 Å². The number of halogens is 1. The van der Waals surface area contributed by atoms with Crippen molar-refractivity contribution in [1.29, 1.82) is 0 Å². The zero-order valence-electron chi connectivity index (χ0n) is 13.6. The molecule has 1 heterocycles. The quantitative estimate of drug-likeness (QED) is 0.804. The molecular formula is C19H26FNO. The van der Waals surface area contributed by atoms with Gasteiger partial charge in [-0.3, -0.25) is 4.79 Å². The van der Waals surface area contributed by atoms with Gasteiger partial charge in [-0.2, -0.15) is 0 Å². The normalized spacial score (nSPS) is 27.9. The van der Waals surface area contributed by atoms with Gasteiger partial charge in [-0.25, -0.2) is 4.39 Å². The zero-order valence-corrected chi connectivity index (χ0v) is 13.6. The summed E-state index contributed by atoms with van der Waals surface area (Å²) in [5.74, 6) is 1.10. The molecule has 1 amide bonds. The van der Waals surface area contributed by atoms with Gasteiger partial charge in [0.2, 0.25) is 5.91 Å². The van der Waals surface area contributed by atoms with Crippen LogP contribution in [0.2, 0.25) is 0 Å². The fourth-order valence-corrected chi connectivity index (χ4v) is 4.52. The molecule has 0 aromatic heterocycles. The van der Waals surface area contributed by atoms with Crippen LogP contribution in [0, 0.1) is 17.7 Å². The molecule has 120 valence electrons. The number of amides is 1. The van der Waals surface area contributed by atoms with Crippen LogP contribution in [-0.4, -0.2) is 23.9 Å². The van der Waals surface area contributed by atoms with E-state index in [-0.39, 0.29) is 11.7 Å². The van der Waals surface area contributed by atoms with Gasteiger partial charge < -0.3 is 4.90 Å². The number of likely N-dealkylation sites (tertiary alicyclic amines) is 1. The number of benzene rings is 1. The van der Waals surface area contributed by atoms with Crippen LogP contribution < -0.4 is 0 Å². The zero-order chi connectivity index (χ0) is 15.7. The van der Waals surface area contributed by atoms with Crippen LogP contribution in [0.3, 0.4) is 0 Å². The average molecular weight is 303 g/mol. The van der Waals surface area contributed by atoms with Gasteiger partial charge in [0.15, 0.2) is 0 Å². The van der Waals surface area contributed by atoms with Crippen LogP contribution in [0.25, 0.3) is 0 Å². The fraction of sp³-hybridized carbons (Fsp3) is 0.632. The molecule has 1 aliphatic carbocycles. The number of hydrogen-bond donors (Lipinski definition) is 0. The highest BCUT2D eigenvalue weighted by molar-refractivity contribution is 5.88. The predicted octanol–water partition coefficient (Wildman–Crippen LogP) is 4.14. The van der Waals surface area contributed by atoms with Gasteiger partial charge in [0.25, 0.3) is 0 Å². The molecule has 1 saturated carbocycles. The van der Waals surface area contributed by atoms with Crippen molar-refractivity contribution in [2.75, 3.05) is 13.1 Å². The summed E-state index contributed by atoms with van der Waals surface area (Å²) in [7, 11) is 0. The maximum Gasteiger partial charge on any atom is 0.233 e. The summed E-state index contributed by atoms with van der Waals surface area (Å²) in [5, 5.41) is 0. The predicted molar refractivity (Wildman–Crippen MR) is 86.1 cm³/mol. The summed E-state index contributed by atoms with van der Waals surface area (Å²) < 4.78 is 13.7. The second kappa shape index (κ2) is 6.02. The third-order valence-corrected chi connectivity index (χ3v) is 5.40. The van der Waals surface area contributed by atoms with Crippen molar-refractivity contribution < 1.29 is 9.18 Å². The van der Waals surface area contributed by atoms with Crippen molar-refractivity contribution in [2.45, 2.75) is 51.4 Å². The minimum Gasteiger partial charge on any atom is -0.341 e. The van der Waals surface area contributed by atoms with Crippen molar-refractivity contribution in [2.24, 2.45) is 11.8 Å². The Labute approximate surface area is 132 Å². The molecule has 0 radical (unpaired) electrons. The van der Waals surface area contributed by atoms with Crippen molar-refractivity contribution in [1.82, 2.24) is 4.90 Å². The second-order valence-corrected chi connectivity index (χ2v) is 7.46. The van der Waals surface area contributed by atoms with E-state index in [9.17, 15) is 9.18 Å². The molecule has 2 fully saturated rings. The summed E-state index contributed by atoms with van der Waals surface area (Å²) in [6, 6.07) is 6.70. The molecule has 2 aliphatic rings. The minimum atomic E-state index is -0.487. The number of hydrogen-bond acceptors (Lipinski definition) is 1. The Morgan fingerprint density at radius 1 is 1.18 bits per heavy atom. The summed E-state index contributed by atoms with van der Waals surface area (Å²) in [6.07, 6.45) is 5.02. The third-order valence-electron chi connectivity index (χ3n) is 5.40. The molecule has 0 N–H and O–H groups in total. The number of rotatable bonds is 2. The molecule has 0 spiro atoms. The van der Waals surface area contributed by atoms with Crippen LogP contribution in [0.1, 0.15) is 51.5 Å². The lowest BCUT2D eigenvalue weighted by Gasteiger charge is -2.40. The smallest absolute Gasteiger partial charge is 0.233 e. The Balaban J connectivity index is 1.92. The van der Waals surface area contributed by atoms with Crippen LogP contribution >= 0.6 is 0 Å². The third kappa shape index (κ3) is 2.78. The molecule has 0 bridgehead atoms. The van der Waals surface area contributed by atoms with E-state index in [2.05, 4.69) is 18.7 Å². The van der Waals surface area contributed by atoms with E-state index < -0.39 is 5.41 Å². The first kappa shape index (κ1) is 15.5. The highest BCUT2D eigenvalue weighted by Crippen LogP contribution is 2.43. The molecule has 3 heteroatoms. The highest BCUT2D eigenvalue weighted by Gasteiger charge is 2.46. The largest absolute Gasteiger partial charge is 0.341 e. The second-order valence-electron chi connectivity index (χ2n) is 7.46. The van der Waals surface area contributed by atoms with E-state index in [1.807, 2.05) is 6.07 Å². The standard InChI is InChI=1S/C19H26FNO/c1-14-10-15(2)13-21(12-14)18(22)19(8-3-4-9-19)16-6-5-7-17(20)11-16/h5-7,11,14-15H,3-4,8-10,12-13H2,1-2H3. The number of carbonyl (C=O) groups excluding carboxylic acids is 1. The Hall–Kier alpha value is -1.38. The Kier molecular flexibility index (Phi) is 4.24. The summed E-state index contributed by atoms with van der Waals surface area (Å²) in [5.41, 5.74) is 0.389. The molecule has 1 aromatic rings. The van der Waals surface area contributed by atoms with Gasteiger partial charge in [-0.15, -0.1) is 0 Å².